The minimum absolute atomic E-state index is 0.0166. The number of methoxy groups -OCH3 is 1. The molecule has 3 rings (SSSR count). The number of alkyl halides is 3. The lowest BCUT2D eigenvalue weighted by Gasteiger charge is -2.29. The normalized spacial score (nSPS) is 14.4. The number of nitrogens with zero attached hydrogens (tertiary/aromatic N) is 1. The summed E-state index contributed by atoms with van der Waals surface area (Å²) in [5.41, 5.74) is 0.263. The summed E-state index contributed by atoms with van der Waals surface area (Å²) in [7, 11) is 1.47. The number of hydrogen-bond donors (Lipinski definition) is 1. The van der Waals surface area contributed by atoms with E-state index in [4.69, 9.17) is 25.8 Å². The van der Waals surface area contributed by atoms with E-state index in [1.54, 1.807) is 18.2 Å². The molecule has 34 heavy (non-hydrogen) atoms. The topological polar surface area (TPSA) is 60.0 Å². The van der Waals surface area contributed by atoms with Crippen molar-refractivity contribution in [1.29, 1.82) is 0 Å². The second kappa shape index (κ2) is 11.5. The van der Waals surface area contributed by atoms with Crippen LogP contribution in [-0.2, 0) is 22.3 Å². The number of anilines is 1. The zero-order valence-corrected chi connectivity index (χ0v) is 19.6. The quantitative estimate of drug-likeness (QED) is 0.523. The number of morpholine rings is 1. The second-order valence-corrected chi connectivity index (χ2v) is 7.86. The van der Waals surface area contributed by atoms with Crippen molar-refractivity contribution in [3.05, 3.63) is 58.1 Å². The summed E-state index contributed by atoms with van der Waals surface area (Å²) >= 11 is 6.22. The smallest absolute Gasteiger partial charge is 0.416 e. The zero-order chi connectivity index (χ0) is 24.7. The maximum Gasteiger partial charge on any atom is 0.416 e. The van der Waals surface area contributed by atoms with Gasteiger partial charge in [-0.25, -0.2) is 0 Å². The highest BCUT2D eigenvalue weighted by Gasteiger charge is 2.34. The molecule has 0 aliphatic carbocycles. The highest BCUT2D eigenvalue weighted by Crippen LogP contribution is 2.37. The summed E-state index contributed by atoms with van der Waals surface area (Å²) in [6, 6.07) is 7.40. The molecule has 0 bridgehead atoms. The lowest BCUT2D eigenvalue weighted by atomic mass is 10.0. The van der Waals surface area contributed by atoms with E-state index in [9.17, 15) is 18.0 Å². The van der Waals surface area contributed by atoms with Gasteiger partial charge in [0.15, 0.2) is 11.5 Å². The maximum atomic E-state index is 13.7. The Labute approximate surface area is 201 Å². The molecule has 0 unspecified atom stereocenters. The first-order valence-electron chi connectivity index (χ1n) is 10.7. The molecule has 6 nitrogen and oxygen atoms in total. The van der Waals surface area contributed by atoms with Crippen LogP contribution in [-0.4, -0.2) is 45.9 Å². The first-order valence-corrected chi connectivity index (χ1v) is 11.1. The first kappa shape index (κ1) is 25.7. The molecule has 1 aliphatic rings. The average Bonchev–Trinajstić information content (AvgIpc) is 2.82. The van der Waals surface area contributed by atoms with E-state index in [2.05, 4.69) is 5.32 Å². The van der Waals surface area contributed by atoms with Gasteiger partial charge in [-0.2, -0.15) is 13.2 Å². The van der Waals surface area contributed by atoms with E-state index < -0.39 is 17.6 Å². The number of ether oxygens (including phenoxy) is 3. The Kier molecular flexibility index (Phi) is 8.68. The lowest BCUT2D eigenvalue weighted by molar-refractivity contribution is -0.138. The molecule has 0 aromatic heterocycles. The Bertz CT molecular complexity index is 1040. The molecule has 2 aromatic rings. The van der Waals surface area contributed by atoms with Gasteiger partial charge >= 0.3 is 6.18 Å². The molecule has 1 aliphatic heterocycles. The molecule has 0 saturated carbocycles. The SMILES string of the molecule is CCOc1c(Cl)cc(C=CC(=O)NCc2ccc(N3CCOCC3)cc2C(F)(F)F)cc1OC. The molecule has 1 fully saturated rings. The van der Waals surface area contributed by atoms with Crippen LogP contribution in [0.5, 0.6) is 11.5 Å². The van der Waals surface area contributed by atoms with Crippen LogP contribution in [0.3, 0.4) is 0 Å². The largest absolute Gasteiger partial charge is 0.493 e. The third-order valence-corrected chi connectivity index (χ3v) is 5.48. The van der Waals surface area contributed by atoms with Crippen molar-refractivity contribution >= 4 is 29.3 Å². The van der Waals surface area contributed by atoms with Crippen LogP contribution >= 0.6 is 11.6 Å². The van der Waals surface area contributed by atoms with E-state index in [1.807, 2.05) is 11.8 Å². The van der Waals surface area contributed by atoms with Gasteiger partial charge in [-0.1, -0.05) is 17.7 Å². The summed E-state index contributed by atoms with van der Waals surface area (Å²) in [5.74, 6) is 0.257. The van der Waals surface area contributed by atoms with Crippen molar-refractivity contribution in [2.24, 2.45) is 0 Å². The van der Waals surface area contributed by atoms with Crippen molar-refractivity contribution in [2.75, 3.05) is 44.9 Å². The molecular weight excluding hydrogens is 473 g/mol. The van der Waals surface area contributed by atoms with Crippen LogP contribution in [0, 0.1) is 0 Å². The minimum atomic E-state index is -4.55. The molecular formula is C24H26ClF3N2O4. The van der Waals surface area contributed by atoms with Gasteiger partial charge in [-0.05, 0) is 48.4 Å². The fourth-order valence-electron chi connectivity index (χ4n) is 3.53. The second-order valence-electron chi connectivity index (χ2n) is 7.46. The van der Waals surface area contributed by atoms with Gasteiger partial charge < -0.3 is 24.4 Å². The van der Waals surface area contributed by atoms with Gasteiger partial charge in [0.1, 0.15) is 0 Å². The van der Waals surface area contributed by atoms with Crippen LogP contribution in [0.4, 0.5) is 18.9 Å². The van der Waals surface area contributed by atoms with Gasteiger partial charge in [0.05, 0.1) is 37.5 Å². The van der Waals surface area contributed by atoms with Gasteiger partial charge in [0.2, 0.25) is 5.91 Å². The number of benzene rings is 2. The van der Waals surface area contributed by atoms with Crippen molar-refractivity contribution in [2.45, 2.75) is 19.6 Å². The third kappa shape index (κ3) is 6.57. The maximum absolute atomic E-state index is 13.7. The molecule has 1 amide bonds. The van der Waals surface area contributed by atoms with Crippen molar-refractivity contribution in [3.63, 3.8) is 0 Å². The van der Waals surface area contributed by atoms with Gasteiger partial charge in [-0.15, -0.1) is 0 Å². The summed E-state index contributed by atoms with van der Waals surface area (Å²) in [6.45, 7) is 3.94. The van der Waals surface area contributed by atoms with Crippen LogP contribution in [0.2, 0.25) is 5.02 Å². The number of amides is 1. The number of halogens is 4. The van der Waals surface area contributed by atoms with Crippen molar-refractivity contribution in [1.82, 2.24) is 5.32 Å². The highest BCUT2D eigenvalue weighted by molar-refractivity contribution is 6.32. The molecule has 1 heterocycles. The molecule has 0 radical (unpaired) electrons. The number of hydrogen-bond acceptors (Lipinski definition) is 5. The van der Waals surface area contributed by atoms with Gasteiger partial charge in [-0.3, -0.25) is 4.79 Å². The molecule has 1 saturated heterocycles. The van der Waals surface area contributed by atoms with Crippen molar-refractivity contribution < 1.29 is 32.2 Å². The van der Waals surface area contributed by atoms with E-state index in [0.29, 0.717) is 60.7 Å². The molecule has 184 valence electrons. The molecule has 2 aromatic carbocycles. The van der Waals surface area contributed by atoms with Crippen LogP contribution < -0.4 is 19.7 Å². The van der Waals surface area contributed by atoms with E-state index in [1.165, 1.54) is 25.3 Å². The van der Waals surface area contributed by atoms with E-state index in [-0.39, 0.29) is 12.1 Å². The van der Waals surface area contributed by atoms with Crippen molar-refractivity contribution in [3.8, 4) is 11.5 Å². The highest BCUT2D eigenvalue weighted by atomic mass is 35.5. The fraction of sp³-hybridized carbons (Fsp3) is 0.375. The summed E-state index contributed by atoms with van der Waals surface area (Å²) in [5, 5.41) is 2.82. The van der Waals surface area contributed by atoms with Gasteiger partial charge in [0.25, 0.3) is 0 Å². The lowest BCUT2D eigenvalue weighted by Crippen LogP contribution is -2.36. The average molecular weight is 499 g/mol. The molecule has 0 atom stereocenters. The van der Waals surface area contributed by atoms with E-state index in [0.717, 1.165) is 6.07 Å². The summed E-state index contributed by atoms with van der Waals surface area (Å²) in [6.07, 6.45) is -1.83. The number of nitrogens with one attached hydrogen (secondary N) is 1. The summed E-state index contributed by atoms with van der Waals surface area (Å²) < 4.78 is 57.0. The monoisotopic (exact) mass is 498 g/mol. The zero-order valence-electron chi connectivity index (χ0n) is 18.9. The Morgan fingerprint density at radius 1 is 1.24 bits per heavy atom. The fourth-order valence-corrected chi connectivity index (χ4v) is 3.81. The van der Waals surface area contributed by atoms with Crippen LogP contribution in [0.1, 0.15) is 23.6 Å². The Morgan fingerprint density at radius 2 is 1.97 bits per heavy atom. The Morgan fingerprint density at radius 3 is 2.62 bits per heavy atom. The molecule has 10 heteroatoms. The molecule has 1 N–H and O–H groups in total. The first-order chi connectivity index (χ1) is 16.2. The van der Waals surface area contributed by atoms with Gasteiger partial charge in [0, 0.05) is 31.4 Å². The predicted octanol–water partition coefficient (Wildman–Crippen LogP) is 4.93. The third-order valence-electron chi connectivity index (χ3n) is 5.20. The Balaban J connectivity index is 1.70. The summed E-state index contributed by atoms with van der Waals surface area (Å²) in [4.78, 5) is 14.1. The van der Waals surface area contributed by atoms with Crippen LogP contribution in [0.25, 0.3) is 6.08 Å². The van der Waals surface area contributed by atoms with Crippen LogP contribution in [0.15, 0.2) is 36.4 Å². The van der Waals surface area contributed by atoms with E-state index >= 15 is 0 Å². The standard InChI is InChI=1S/C24H26ClF3N2O4/c1-3-34-23-20(25)12-16(13-21(23)32-2)4-7-22(31)29-15-17-5-6-18(14-19(17)24(26,27)28)30-8-10-33-11-9-30/h4-7,12-14H,3,8-11,15H2,1-2H3,(H,29,31). The predicted molar refractivity (Wildman–Crippen MR) is 125 cm³/mol. The number of carbonyl (C=O) groups excluding carboxylic acids is 1. The number of rotatable bonds is 8. The minimum Gasteiger partial charge on any atom is -0.493 e. The molecule has 0 spiro atoms. The number of carbonyl (C=O) groups is 1. The Hall–Kier alpha value is -2.91.